The first-order valence-electron chi connectivity index (χ1n) is 5.29. The average Bonchev–Trinajstić information content (AvgIpc) is 2.43. The summed E-state index contributed by atoms with van der Waals surface area (Å²) in [5.74, 6) is 2.05. The first kappa shape index (κ1) is 13.6. The van der Waals surface area contributed by atoms with Crippen LogP contribution in [0.3, 0.4) is 0 Å². The van der Waals surface area contributed by atoms with Crippen molar-refractivity contribution in [3.8, 4) is 0 Å². The van der Waals surface area contributed by atoms with Gasteiger partial charge in [-0.2, -0.15) is 0 Å². The molecule has 0 bridgehead atoms. The van der Waals surface area contributed by atoms with Gasteiger partial charge in [0.1, 0.15) is 0 Å². The lowest BCUT2D eigenvalue weighted by Gasteiger charge is -1.96. The van der Waals surface area contributed by atoms with Gasteiger partial charge in [-0.3, -0.25) is 0 Å². The van der Waals surface area contributed by atoms with Crippen molar-refractivity contribution in [1.82, 2.24) is 0 Å². The third kappa shape index (κ3) is 7.90. The predicted octanol–water partition coefficient (Wildman–Crippen LogP) is 4.49. The molecule has 0 heterocycles. The molecule has 0 aromatic heterocycles. The van der Waals surface area contributed by atoms with Gasteiger partial charge >= 0.3 is 0 Å². The summed E-state index contributed by atoms with van der Waals surface area (Å²) in [4.78, 5) is 0. The van der Waals surface area contributed by atoms with E-state index < -0.39 is 0 Å². The van der Waals surface area contributed by atoms with Gasteiger partial charge in [0.2, 0.25) is 0 Å². The van der Waals surface area contributed by atoms with Crippen LogP contribution in [0, 0.1) is 11.8 Å². The lowest BCUT2D eigenvalue weighted by molar-refractivity contribution is 0.555. The van der Waals surface area contributed by atoms with Gasteiger partial charge in [0.15, 0.2) is 0 Å². The van der Waals surface area contributed by atoms with Crippen LogP contribution in [-0.2, 0) is 0 Å². The van der Waals surface area contributed by atoms with Gasteiger partial charge in [-0.15, -0.1) is 0 Å². The van der Waals surface area contributed by atoms with E-state index in [1.165, 1.54) is 19.3 Å². The Bertz CT molecular complexity index is 49.1. The third-order valence-corrected chi connectivity index (χ3v) is 1.96. The lowest BCUT2D eigenvalue weighted by atomic mass is 10.1. The SMILES string of the molecule is CC.CC.CC1CCC(C)C1. The second-order valence-corrected chi connectivity index (χ2v) is 3.02. The first-order chi connectivity index (χ1) is 5.29. The lowest BCUT2D eigenvalue weighted by Crippen LogP contribution is -1.84. The Kier molecular flexibility index (Phi) is 12.3. The van der Waals surface area contributed by atoms with Crippen LogP contribution >= 0.6 is 0 Å². The van der Waals surface area contributed by atoms with Gasteiger partial charge in [-0.05, 0) is 18.3 Å². The van der Waals surface area contributed by atoms with Crippen LogP contribution in [0.2, 0.25) is 0 Å². The van der Waals surface area contributed by atoms with E-state index in [4.69, 9.17) is 0 Å². The number of rotatable bonds is 0. The van der Waals surface area contributed by atoms with Crippen molar-refractivity contribution in [2.24, 2.45) is 11.8 Å². The second kappa shape index (κ2) is 10.0. The van der Waals surface area contributed by atoms with Crippen molar-refractivity contribution in [2.45, 2.75) is 60.8 Å². The molecule has 2 unspecified atom stereocenters. The second-order valence-electron chi connectivity index (χ2n) is 3.02. The van der Waals surface area contributed by atoms with Crippen LogP contribution in [0.5, 0.6) is 0 Å². The Morgan fingerprint density at radius 1 is 0.727 bits per heavy atom. The Labute approximate surface area is 73.4 Å². The van der Waals surface area contributed by atoms with Gasteiger partial charge in [-0.1, -0.05) is 54.4 Å². The molecular formula is C11H26. The van der Waals surface area contributed by atoms with E-state index in [1.54, 1.807) is 0 Å². The fourth-order valence-corrected chi connectivity index (χ4v) is 1.49. The highest BCUT2D eigenvalue weighted by atomic mass is 14.2. The van der Waals surface area contributed by atoms with Crippen LogP contribution < -0.4 is 0 Å². The maximum Gasteiger partial charge on any atom is -0.0440 e. The van der Waals surface area contributed by atoms with Gasteiger partial charge in [0.25, 0.3) is 0 Å². The molecule has 11 heavy (non-hydrogen) atoms. The Morgan fingerprint density at radius 3 is 1.09 bits per heavy atom. The summed E-state index contributed by atoms with van der Waals surface area (Å²) >= 11 is 0. The third-order valence-electron chi connectivity index (χ3n) is 1.96. The molecule has 1 rings (SSSR count). The van der Waals surface area contributed by atoms with Crippen molar-refractivity contribution in [3.05, 3.63) is 0 Å². The zero-order valence-corrected chi connectivity index (χ0v) is 9.28. The van der Waals surface area contributed by atoms with Crippen molar-refractivity contribution in [1.29, 1.82) is 0 Å². The Morgan fingerprint density at radius 2 is 1.00 bits per heavy atom. The van der Waals surface area contributed by atoms with Crippen LogP contribution in [0.1, 0.15) is 60.8 Å². The minimum absolute atomic E-state index is 1.02. The molecule has 1 aliphatic rings. The molecule has 70 valence electrons. The minimum atomic E-state index is 1.02. The zero-order valence-electron chi connectivity index (χ0n) is 9.28. The molecule has 0 aromatic carbocycles. The highest BCUT2D eigenvalue weighted by molar-refractivity contribution is 4.68. The van der Waals surface area contributed by atoms with Gasteiger partial charge in [0, 0.05) is 0 Å². The summed E-state index contributed by atoms with van der Waals surface area (Å²) in [6.45, 7) is 12.7. The fourth-order valence-electron chi connectivity index (χ4n) is 1.49. The van der Waals surface area contributed by atoms with E-state index in [2.05, 4.69) is 13.8 Å². The maximum absolute atomic E-state index is 2.35. The molecule has 0 amide bonds. The molecule has 0 nitrogen and oxygen atoms in total. The largest absolute Gasteiger partial charge is 0.0683 e. The monoisotopic (exact) mass is 158 g/mol. The van der Waals surface area contributed by atoms with Crippen LogP contribution in [0.15, 0.2) is 0 Å². The summed E-state index contributed by atoms with van der Waals surface area (Å²) in [7, 11) is 0. The van der Waals surface area contributed by atoms with Crippen molar-refractivity contribution >= 4 is 0 Å². The highest BCUT2D eigenvalue weighted by Gasteiger charge is 2.15. The van der Waals surface area contributed by atoms with Crippen molar-refractivity contribution in [2.75, 3.05) is 0 Å². The van der Waals surface area contributed by atoms with E-state index in [0.29, 0.717) is 0 Å². The minimum Gasteiger partial charge on any atom is -0.0683 e. The normalized spacial score (nSPS) is 27.8. The smallest absolute Gasteiger partial charge is 0.0440 e. The first-order valence-corrected chi connectivity index (χ1v) is 5.29. The van der Waals surface area contributed by atoms with Crippen molar-refractivity contribution in [3.63, 3.8) is 0 Å². The average molecular weight is 158 g/mol. The molecule has 0 saturated heterocycles. The van der Waals surface area contributed by atoms with Crippen LogP contribution in [-0.4, -0.2) is 0 Å². The quantitative estimate of drug-likeness (QED) is 0.487. The van der Waals surface area contributed by atoms with E-state index in [-0.39, 0.29) is 0 Å². The molecule has 0 aromatic rings. The van der Waals surface area contributed by atoms with E-state index in [0.717, 1.165) is 11.8 Å². The Balaban J connectivity index is 0. The number of hydrogen-bond donors (Lipinski definition) is 0. The molecule has 1 fully saturated rings. The molecule has 0 heteroatoms. The van der Waals surface area contributed by atoms with E-state index in [1.807, 2.05) is 27.7 Å². The molecular weight excluding hydrogens is 132 g/mol. The summed E-state index contributed by atoms with van der Waals surface area (Å²) in [6, 6.07) is 0. The van der Waals surface area contributed by atoms with Crippen molar-refractivity contribution < 1.29 is 0 Å². The van der Waals surface area contributed by atoms with Crippen LogP contribution in [0.4, 0.5) is 0 Å². The molecule has 0 spiro atoms. The fraction of sp³-hybridized carbons (Fsp3) is 1.00. The molecule has 2 atom stereocenters. The topological polar surface area (TPSA) is 0 Å². The highest BCUT2D eigenvalue weighted by Crippen LogP contribution is 2.29. The van der Waals surface area contributed by atoms with Gasteiger partial charge in [-0.25, -0.2) is 0 Å². The molecule has 0 radical (unpaired) electrons. The van der Waals surface area contributed by atoms with Crippen LogP contribution in [0.25, 0.3) is 0 Å². The molecule has 1 aliphatic carbocycles. The van der Waals surface area contributed by atoms with Gasteiger partial charge in [0.05, 0.1) is 0 Å². The summed E-state index contributed by atoms with van der Waals surface area (Å²) in [5, 5.41) is 0. The molecule has 0 aliphatic heterocycles. The molecule has 1 saturated carbocycles. The summed E-state index contributed by atoms with van der Waals surface area (Å²) < 4.78 is 0. The summed E-state index contributed by atoms with van der Waals surface area (Å²) in [5.41, 5.74) is 0. The maximum atomic E-state index is 2.35. The zero-order chi connectivity index (χ0) is 9.28. The number of hydrogen-bond acceptors (Lipinski definition) is 0. The van der Waals surface area contributed by atoms with E-state index >= 15 is 0 Å². The summed E-state index contributed by atoms with van der Waals surface area (Å²) in [6.07, 6.45) is 4.42. The Hall–Kier alpha value is 0. The predicted molar refractivity (Wildman–Crippen MR) is 54.9 cm³/mol. The molecule has 0 N–H and O–H groups in total. The van der Waals surface area contributed by atoms with E-state index in [9.17, 15) is 0 Å². The standard InChI is InChI=1S/C7H14.2C2H6/c1-6-3-4-7(2)5-6;2*1-2/h6-7H,3-5H2,1-2H3;2*1-2H3. The van der Waals surface area contributed by atoms with Gasteiger partial charge < -0.3 is 0 Å².